The Labute approximate surface area is 118 Å². The Morgan fingerprint density at radius 2 is 1.75 bits per heavy atom. The lowest BCUT2D eigenvalue weighted by atomic mass is 10.2. The molecular formula is C16H16N2OS. The van der Waals surface area contributed by atoms with Crippen molar-refractivity contribution in [1.82, 2.24) is 4.98 Å². The van der Waals surface area contributed by atoms with E-state index >= 15 is 0 Å². The van der Waals surface area contributed by atoms with E-state index < -0.39 is 9.73 Å². The first-order valence-corrected chi connectivity index (χ1v) is 8.33. The minimum Gasteiger partial charge on any atom is -0.360 e. The van der Waals surface area contributed by atoms with Crippen LogP contribution in [-0.2, 0) is 9.73 Å². The van der Waals surface area contributed by atoms with E-state index in [1.807, 2.05) is 55.5 Å². The summed E-state index contributed by atoms with van der Waals surface area (Å²) in [5, 5.41) is 0.968. The fraction of sp³-hybridized carbons (Fsp3) is 0.125. The Morgan fingerprint density at radius 1 is 1.05 bits per heavy atom. The molecule has 0 aliphatic carbocycles. The van der Waals surface area contributed by atoms with E-state index in [0.717, 1.165) is 21.5 Å². The quantitative estimate of drug-likeness (QED) is 0.750. The summed E-state index contributed by atoms with van der Waals surface area (Å²) < 4.78 is 17.4. The zero-order chi connectivity index (χ0) is 14.2. The molecule has 3 nitrogen and oxygen atoms in total. The van der Waals surface area contributed by atoms with Crippen LogP contribution >= 0.6 is 0 Å². The minimum atomic E-state index is -2.47. The molecule has 0 radical (unpaired) electrons. The molecule has 0 saturated heterocycles. The molecule has 0 bridgehead atoms. The van der Waals surface area contributed by atoms with Gasteiger partial charge in [0.1, 0.15) is 0 Å². The number of para-hydroxylation sites is 1. The molecule has 102 valence electrons. The summed E-state index contributed by atoms with van der Waals surface area (Å²) in [4.78, 5) is 3.91. The SMILES string of the molecule is Cc1ccc(N=S(C)(=O)c2c[nH]c3ccccc23)cc1. The van der Waals surface area contributed by atoms with Gasteiger partial charge in [0.05, 0.1) is 20.3 Å². The number of aromatic amines is 1. The summed E-state index contributed by atoms with van der Waals surface area (Å²) in [6.07, 6.45) is 3.48. The van der Waals surface area contributed by atoms with Crippen LogP contribution in [0.3, 0.4) is 0 Å². The summed E-state index contributed by atoms with van der Waals surface area (Å²) in [5.41, 5.74) is 2.89. The van der Waals surface area contributed by atoms with Gasteiger partial charge in [-0.25, -0.2) is 4.21 Å². The second-order valence-corrected chi connectivity index (χ2v) is 7.16. The van der Waals surface area contributed by atoms with Crippen LogP contribution < -0.4 is 0 Å². The van der Waals surface area contributed by atoms with Crippen molar-refractivity contribution in [2.75, 3.05) is 6.26 Å². The zero-order valence-corrected chi connectivity index (χ0v) is 12.3. The highest BCUT2D eigenvalue weighted by Gasteiger charge is 2.12. The van der Waals surface area contributed by atoms with Gasteiger partial charge in [-0.1, -0.05) is 35.9 Å². The van der Waals surface area contributed by atoms with Crippen molar-refractivity contribution >= 4 is 26.3 Å². The van der Waals surface area contributed by atoms with Crippen molar-refractivity contribution in [1.29, 1.82) is 0 Å². The topological polar surface area (TPSA) is 45.2 Å². The van der Waals surface area contributed by atoms with E-state index in [1.165, 1.54) is 5.56 Å². The largest absolute Gasteiger partial charge is 0.360 e. The number of benzene rings is 2. The number of aromatic nitrogens is 1. The molecule has 0 fully saturated rings. The average Bonchev–Trinajstić information content (AvgIpc) is 2.86. The van der Waals surface area contributed by atoms with Crippen molar-refractivity contribution in [3.63, 3.8) is 0 Å². The van der Waals surface area contributed by atoms with Gasteiger partial charge in [0.15, 0.2) is 0 Å². The predicted molar refractivity (Wildman–Crippen MR) is 83.9 cm³/mol. The summed E-state index contributed by atoms with van der Waals surface area (Å²) in [6.45, 7) is 2.02. The highest BCUT2D eigenvalue weighted by atomic mass is 32.2. The highest BCUT2D eigenvalue weighted by molar-refractivity contribution is 7.93. The molecule has 1 unspecified atom stereocenters. The van der Waals surface area contributed by atoms with Gasteiger partial charge in [0, 0.05) is 23.4 Å². The first-order valence-electron chi connectivity index (χ1n) is 6.41. The second-order valence-electron chi connectivity index (χ2n) is 4.93. The number of fused-ring (bicyclic) bond motifs is 1. The first-order chi connectivity index (χ1) is 9.56. The van der Waals surface area contributed by atoms with Crippen molar-refractivity contribution in [3.05, 3.63) is 60.3 Å². The maximum absolute atomic E-state index is 12.9. The van der Waals surface area contributed by atoms with Crippen LogP contribution in [0, 0.1) is 6.92 Å². The van der Waals surface area contributed by atoms with Gasteiger partial charge in [-0.05, 0) is 25.1 Å². The lowest BCUT2D eigenvalue weighted by molar-refractivity contribution is 0.681. The van der Waals surface area contributed by atoms with Crippen LogP contribution in [-0.4, -0.2) is 15.4 Å². The fourth-order valence-electron chi connectivity index (χ4n) is 2.21. The van der Waals surface area contributed by atoms with Gasteiger partial charge in [-0.3, -0.25) is 0 Å². The monoisotopic (exact) mass is 284 g/mol. The third-order valence-corrected chi connectivity index (χ3v) is 4.99. The summed E-state index contributed by atoms with van der Waals surface area (Å²) in [5.74, 6) is 0. The molecule has 20 heavy (non-hydrogen) atoms. The molecule has 0 aliphatic heterocycles. The Morgan fingerprint density at radius 3 is 2.50 bits per heavy atom. The molecule has 3 rings (SSSR count). The molecule has 1 heterocycles. The average molecular weight is 284 g/mol. The van der Waals surface area contributed by atoms with Crippen LogP contribution in [0.2, 0.25) is 0 Å². The highest BCUT2D eigenvalue weighted by Crippen LogP contribution is 2.26. The maximum Gasteiger partial charge on any atom is 0.0792 e. The van der Waals surface area contributed by atoms with E-state index in [0.29, 0.717) is 0 Å². The van der Waals surface area contributed by atoms with E-state index in [4.69, 9.17) is 0 Å². The molecule has 1 atom stereocenters. The number of H-pyrrole nitrogens is 1. The molecule has 2 aromatic carbocycles. The van der Waals surface area contributed by atoms with Crippen LogP contribution in [0.4, 0.5) is 5.69 Å². The number of aryl methyl sites for hydroxylation is 1. The van der Waals surface area contributed by atoms with Crippen molar-refractivity contribution in [2.45, 2.75) is 11.8 Å². The lowest BCUT2D eigenvalue weighted by Gasteiger charge is -2.03. The summed E-state index contributed by atoms with van der Waals surface area (Å²) in [7, 11) is -2.47. The Hall–Kier alpha value is -2.07. The van der Waals surface area contributed by atoms with Gasteiger partial charge in [0.25, 0.3) is 0 Å². The number of rotatable bonds is 2. The van der Waals surface area contributed by atoms with Crippen LogP contribution in [0.25, 0.3) is 10.9 Å². The van der Waals surface area contributed by atoms with Crippen molar-refractivity contribution in [2.24, 2.45) is 4.36 Å². The summed E-state index contributed by atoms with van der Waals surface area (Å²) >= 11 is 0. The van der Waals surface area contributed by atoms with Crippen LogP contribution in [0.5, 0.6) is 0 Å². The van der Waals surface area contributed by atoms with E-state index in [2.05, 4.69) is 9.35 Å². The number of nitrogens with one attached hydrogen (secondary N) is 1. The standard InChI is InChI=1S/C16H16N2OS/c1-12-7-9-13(10-8-12)18-20(2,19)16-11-17-15-6-4-3-5-14(15)16/h3-11,17H,1-2H3. The molecule has 1 N–H and O–H groups in total. The Bertz CT molecular complexity index is 869. The van der Waals surface area contributed by atoms with Gasteiger partial charge in [-0.15, -0.1) is 0 Å². The van der Waals surface area contributed by atoms with Gasteiger partial charge >= 0.3 is 0 Å². The Balaban J connectivity index is 2.16. The van der Waals surface area contributed by atoms with Crippen molar-refractivity contribution < 1.29 is 4.21 Å². The fourth-order valence-corrected chi connectivity index (χ4v) is 3.70. The molecule has 1 aromatic heterocycles. The molecular weight excluding hydrogens is 268 g/mol. The second kappa shape index (κ2) is 4.80. The number of hydrogen-bond acceptors (Lipinski definition) is 2. The Kier molecular flexibility index (Phi) is 3.10. The van der Waals surface area contributed by atoms with Gasteiger partial charge in [0.2, 0.25) is 0 Å². The predicted octanol–water partition coefficient (Wildman–Crippen LogP) is 4.26. The summed E-state index contributed by atoms with van der Waals surface area (Å²) in [6, 6.07) is 15.6. The molecule has 0 aliphatic rings. The molecule has 0 amide bonds. The maximum atomic E-state index is 12.9. The normalized spacial score (nSPS) is 14.1. The minimum absolute atomic E-state index is 0.744. The molecule has 4 heteroatoms. The van der Waals surface area contributed by atoms with Crippen LogP contribution in [0.1, 0.15) is 5.56 Å². The van der Waals surface area contributed by atoms with Gasteiger partial charge in [-0.2, -0.15) is 4.36 Å². The van der Waals surface area contributed by atoms with Crippen molar-refractivity contribution in [3.8, 4) is 0 Å². The number of hydrogen-bond donors (Lipinski definition) is 1. The van der Waals surface area contributed by atoms with E-state index in [-0.39, 0.29) is 0 Å². The number of nitrogens with zero attached hydrogens (tertiary/aromatic N) is 1. The lowest BCUT2D eigenvalue weighted by Crippen LogP contribution is -1.95. The molecule has 0 spiro atoms. The third kappa shape index (κ3) is 2.34. The van der Waals surface area contributed by atoms with Gasteiger partial charge < -0.3 is 4.98 Å². The van der Waals surface area contributed by atoms with E-state index in [1.54, 1.807) is 12.5 Å². The van der Waals surface area contributed by atoms with Crippen LogP contribution in [0.15, 0.2) is 64.0 Å². The third-order valence-electron chi connectivity index (χ3n) is 3.27. The van der Waals surface area contributed by atoms with E-state index in [9.17, 15) is 4.21 Å². The smallest absolute Gasteiger partial charge is 0.0792 e. The molecule has 3 aromatic rings. The molecule has 0 saturated carbocycles. The zero-order valence-electron chi connectivity index (χ0n) is 11.5. The first kappa shape index (κ1) is 12.9.